The van der Waals surface area contributed by atoms with Gasteiger partial charge in [0.05, 0.1) is 10.5 Å². The minimum absolute atomic E-state index is 0.0160. The van der Waals surface area contributed by atoms with Crippen molar-refractivity contribution in [2.24, 2.45) is 17.6 Å². The van der Waals surface area contributed by atoms with E-state index in [9.17, 15) is 20.0 Å². The van der Waals surface area contributed by atoms with E-state index in [1.807, 2.05) is 0 Å². The van der Waals surface area contributed by atoms with Crippen LogP contribution in [0.1, 0.15) is 23.2 Å². The number of rotatable bonds is 2. The average molecular weight is 291 g/mol. The highest BCUT2D eigenvalue weighted by Gasteiger charge is 2.43. The van der Waals surface area contributed by atoms with Crippen LogP contribution in [-0.2, 0) is 0 Å². The van der Waals surface area contributed by atoms with E-state index in [2.05, 4.69) is 0 Å². The third-order valence-corrected chi connectivity index (χ3v) is 4.64. The largest absolute Gasteiger partial charge is 0.502 e. The Balaban J connectivity index is 1.84. The fourth-order valence-corrected chi connectivity index (χ4v) is 3.49. The van der Waals surface area contributed by atoms with Gasteiger partial charge in [0.15, 0.2) is 0 Å². The lowest BCUT2D eigenvalue weighted by molar-refractivity contribution is -0.385. The third kappa shape index (κ3) is 2.23. The lowest BCUT2D eigenvalue weighted by Gasteiger charge is -2.19. The maximum Gasteiger partial charge on any atom is 0.311 e. The summed E-state index contributed by atoms with van der Waals surface area (Å²) in [4.78, 5) is 24.3. The van der Waals surface area contributed by atoms with Crippen LogP contribution in [0.15, 0.2) is 18.2 Å². The van der Waals surface area contributed by atoms with Crippen LogP contribution in [-0.4, -0.2) is 40.0 Å². The van der Waals surface area contributed by atoms with Crippen molar-refractivity contribution in [3.63, 3.8) is 0 Å². The summed E-state index contributed by atoms with van der Waals surface area (Å²) in [5, 5.41) is 20.8. The minimum Gasteiger partial charge on any atom is -0.502 e. The summed E-state index contributed by atoms with van der Waals surface area (Å²) in [6.07, 6.45) is 2.00. The molecule has 3 unspecified atom stereocenters. The van der Waals surface area contributed by atoms with Crippen molar-refractivity contribution >= 4 is 11.6 Å². The van der Waals surface area contributed by atoms with Crippen LogP contribution < -0.4 is 5.73 Å². The predicted molar refractivity (Wildman–Crippen MR) is 74.9 cm³/mol. The van der Waals surface area contributed by atoms with E-state index >= 15 is 0 Å². The van der Waals surface area contributed by atoms with Crippen LogP contribution in [0.5, 0.6) is 5.75 Å². The molecule has 0 spiro atoms. The van der Waals surface area contributed by atoms with Crippen LogP contribution in [0.4, 0.5) is 5.69 Å². The zero-order valence-corrected chi connectivity index (χ0v) is 11.4. The first-order chi connectivity index (χ1) is 9.99. The topological polar surface area (TPSA) is 110 Å². The first-order valence-electron chi connectivity index (χ1n) is 7.00. The van der Waals surface area contributed by atoms with Crippen molar-refractivity contribution in [1.82, 2.24) is 4.90 Å². The molecular formula is C14H17N3O4. The van der Waals surface area contributed by atoms with Crippen molar-refractivity contribution in [2.45, 2.75) is 18.9 Å². The van der Waals surface area contributed by atoms with Crippen molar-refractivity contribution in [3.8, 4) is 5.75 Å². The van der Waals surface area contributed by atoms with E-state index in [1.54, 1.807) is 4.90 Å². The molecule has 2 fully saturated rings. The van der Waals surface area contributed by atoms with Gasteiger partial charge in [0.25, 0.3) is 5.91 Å². The van der Waals surface area contributed by atoms with Crippen molar-refractivity contribution in [3.05, 3.63) is 33.9 Å². The molecule has 21 heavy (non-hydrogen) atoms. The van der Waals surface area contributed by atoms with Crippen LogP contribution in [0.3, 0.4) is 0 Å². The molecule has 1 aliphatic heterocycles. The van der Waals surface area contributed by atoms with Gasteiger partial charge in [-0.3, -0.25) is 14.9 Å². The third-order valence-electron chi connectivity index (χ3n) is 4.64. The Hall–Kier alpha value is -2.15. The van der Waals surface area contributed by atoms with Gasteiger partial charge in [0.1, 0.15) is 0 Å². The normalized spacial score (nSPS) is 27.7. The fraction of sp³-hybridized carbons (Fsp3) is 0.500. The molecule has 3 rings (SSSR count). The van der Waals surface area contributed by atoms with Gasteiger partial charge in [-0.15, -0.1) is 0 Å². The lowest BCUT2D eigenvalue weighted by Crippen LogP contribution is -2.33. The summed E-state index contributed by atoms with van der Waals surface area (Å²) >= 11 is 0. The molecule has 1 saturated heterocycles. The van der Waals surface area contributed by atoms with Crippen molar-refractivity contribution in [1.29, 1.82) is 0 Å². The lowest BCUT2D eigenvalue weighted by atomic mass is 9.98. The van der Waals surface area contributed by atoms with Gasteiger partial charge < -0.3 is 15.7 Å². The average Bonchev–Trinajstić information content (AvgIpc) is 3.01. The molecule has 3 N–H and O–H groups in total. The van der Waals surface area contributed by atoms with Gasteiger partial charge in [-0.25, -0.2) is 0 Å². The van der Waals surface area contributed by atoms with E-state index in [-0.39, 0.29) is 17.5 Å². The summed E-state index contributed by atoms with van der Waals surface area (Å²) in [6, 6.07) is 4.12. The van der Waals surface area contributed by atoms with Gasteiger partial charge in [0.2, 0.25) is 5.75 Å². The van der Waals surface area contributed by atoms with Crippen LogP contribution in [0.2, 0.25) is 0 Å². The van der Waals surface area contributed by atoms with E-state index < -0.39 is 16.4 Å². The number of likely N-dealkylation sites (tertiary alicyclic amines) is 1. The van der Waals surface area contributed by atoms with Gasteiger partial charge >= 0.3 is 5.69 Å². The van der Waals surface area contributed by atoms with Crippen molar-refractivity contribution in [2.75, 3.05) is 13.1 Å². The number of carbonyl (C=O) groups excluding carboxylic acids is 1. The molecule has 1 aromatic rings. The Morgan fingerprint density at radius 2 is 2.14 bits per heavy atom. The quantitative estimate of drug-likeness (QED) is 0.626. The van der Waals surface area contributed by atoms with Crippen LogP contribution in [0.25, 0.3) is 0 Å². The first-order valence-corrected chi connectivity index (χ1v) is 7.00. The molecule has 1 aromatic carbocycles. The number of phenols is 1. The smallest absolute Gasteiger partial charge is 0.311 e. The number of hydrogen-bond donors (Lipinski definition) is 2. The van der Waals surface area contributed by atoms with Gasteiger partial charge in [-0.2, -0.15) is 0 Å². The SMILES string of the molecule is NC1CCC2CN(C(=O)c3cccc([N+](=O)[O-])c3O)CC12. The molecule has 0 bridgehead atoms. The summed E-state index contributed by atoms with van der Waals surface area (Å²) in [5.74, 6) is -0.216. The van der Waals surface area contributed by atoms with Crippen molar-refractivity contribution < 1.29 is 14.8 Å². The number of carbonyl (C=O) groups is 1. The second-order valence-corrected chi connectivity index (χ2v) is 5.81. The fourth-order valence-electron chi connectivity index (χ4n) is 3.49. The van der Waals surface area contributed by atoms with E-state index in [0.717, 1.165) is 12.8 Å². The molecule has 1 aliphatic carbocycles. The number of nitro groups is 1. The molecule has 7 heteroatoms. The van der Waals surface area contributed by atoms with Crippen LogP contribution >= 0.6 is 0 Å². The Labute approximate surface area is 121 Å². The Morgan fingerprint density at radius 1 is 1.38 bits per heavy atom. The predicted octanol–water partition coefficient (Wildman–Crippen LogP) is 1.11. The number of nitrogens with two attached hydrogens (primary N) is 1. The molecule has 1 saturated carbocycles. The summed E-state index contributed by atoms with van der Waals surface area (Å²) in [6.45, 7) is 1.17. The molecule has 0 aromatic heterocycles. The maximum absolute atomic E-state index is 12.5. The van der Waals surface area contributed by atoms with Gasteiger partial charge in [0, 0.05) is 25.2 Å². The Kier molecular flexibility index (Phi) is 3.29. The van der Waals surface area contributed by atoms with Gasteiger partial charge in [-0.1, -0.05) is 6.07 Å². The number of phenolic OH excluding ortho intramolecular Hbond substituents is 1. The van der Waals surface area contributed by atoms with E-state index in [0.29, 0.717) is 24.9 Å². The molecule has 0 radical (unpaired) electrons. The van der Waals surface area contributed by atoms with E-state index in [1.165, 1.54) is 18.2 Å². The Morgan fingerprint density at radius 3 is 2.81 bits per heavy atom. The second-order valence-electron chi connectivity index (χ2n) is 5.81. The van der Waals surface area contributed by atoms with Gasteiger partial charge in [-0.05, 0) is 30.7 Å². The highest BCUT2D eigenvalue weighted by atomic mass is 16.6. The standard InChI is InChI=1S/C14H17N3O4/c15-11-5-4-8-6-16(7-10(8)11)14(19)9-2-1-3-12(13(9)18)17(20)21/h1-3,8,10-11,18H,4-7,15H2. The number of fused-ring (bicyclic) bond motifs is 1. The minimum atomic E-state index is -0.694. The first kappa shape index (κ1) is 13.8. The highest BCUT2D eigenvalue weighted by Crippen LogP contribution is 2.38. The highest BCUT2D eigenvalue weighted by molar-refractivity contribution is 5.98. The summed E-state index contributed by atoms with van der Waals surface area (Å²) in [7, 11) is 0. The molecule has 1 amide bonds. The molecular weight excluding hydrogens is 274 g/mol. The number of nitro benzene ring substituents is 1. The number of para-hydroxylation sites is 1. The molecule has 2 aliphatic rings. The number of aromatic hydroxyl groups is 1. The Bertz CT molecular complexity index is 604. The molecule has 1 heterocycles. The number of benzene rings is 1. The monoisotopic (exact) mass is 291 g/mol. The summed E-state index contributed by atoms with van der Waals surface area (Å²) < 4.78 is 0. The van der Waals surface area contributed by atoms with E-state index in [4.69, 9.17) is 5.73 Å². The zero-order valence-electron chi connectivity index (χ0n) is 11.4. The maximum atomic E-state index is 12.5. The van der Waals surface area contributed by atoms with Crippen LogP contribution in [0, 0.1) is 22.0 Å². The molecule has 112 valence electrons. The number of amides is 1. The second kappa shape index (κ2) is 5.00. The molecule has 7 nitrogen and oxygen atoms in total. The number of hydrogen-bond acceptors (Lipinski definition) is 5. The zero-order chi connectivity index (χ0) is 15.1. The molecule has 3 atom stereocenters. The summed E-state index contributed by atoms with van der Waals surface area (Å²) in [5.41, 5.74) is 5.57. The number of nitrogens with zero attached hydrogens (tertiary/aromatic N) is 2.